The summed E-state index contributed by atoms with van der Waals surface area (Å²) in [4.78, 5) is 16.1. The van der Waals surface area contributed by atoms with E-state index in [1.807, 2.05) is 0 Å². The van der Waals surface area contributed by atoms with Gasteiger partial charge in [0.05, 0.1) is 25.9 Å². The first kappa shape index (κ1) is 10.7. The fraction of sp³-hybridized carbons (Fsp3) is 0.333. The number of benzene rings is 1. The molecule has 0 amide bonds. The van der Waals surface area contributed by atoms with Crippen LogP contribution in [0.4, 0.5) is 0 Å². The molecule has 0 saturated carbocycles. The van der Waals surface area contributed by atoms with Crippen LogP contribution in [0.15, 0.2) is 29.3 Å². The number of aliphatic imine (C=N–C) groups is 1. The first-order valence-electron chi connectivity index (χ1n) is 5.21. The Morgan fingerprint density at radius 3 is 2.75 bits per heavy atom. The van der Waals surface area contributed by atoms with E-state index in [2.05, 4.69) is 10.3 Å². The Morgan fingerprint density at radius 1 is 1.44 bits per heavy atom. The van der Waals surface area contributed by atoms with Crippen molar-refractivity contribution < 1.29 is 9.53 Å². The summed E-state index contributed by atoms with van der Waals surface area (Å²) < 4.78 is 5.05. The SMILES string of the molecule is COc1ccc(C(=O)C2CN=CNC2)cc1. The number of carbonyl (C=O) groups is 1. The van der Waals surface area contributed by atoms with Gasteiger partial charge in [-0.2, -0.15) is 0 Å². The van der Waals surface area contributed by atoms with E-state index in [1.165, 1.54) is 0 Å². The monoisotopic (exact) mass is 218 g/mol. The van der Waals surface area contributed by atoms with E-state index in [4.69, 9.17) is 4.74 Å². The maximum atomic E-state index is 12.0. The molecule has 0 spiro atoms. The maximum Gasteiger partial charge on any atom is 0.169 e. The van der Waals surface area contributed by atoms with Crippen molar-refractivity contribution in [2.75, 3.05) is 20.2 Å². The van der Waals surface area contributed by atoms with Crippen molar-refractivity contribution in [1.82, 2.24) is 5.32 Å². The normalized spacial score (nSPS) is 18.9. The molecule has 0 fully saturated rings. The summed E-state index contributed by atoms with van der Waals surface area (Å²) in [5, 5.41) is 2.97. The predicted octanol–water partition coefficient (Wildman–Crippen LogP) is 1.13. The van der Waals surface area contributed by atoms with E-state index in [0.29, 0.717) is 18.7 Å². The molecule has 0 radical (unpaired) electrons. The summed E-state index contributed by atoms with van der Waals surface area (Å²) in [7, 11) is 1.61. The topological polar surface area (TPSA) is 50.7 Å². The van der Waals surface area contributed by atoms with Crippen molar-refractivity contribution in [3.8, 4) is 5.75 Å². The zero-order valence-corrected chi connectivity index (χ0v) is 9.14. The van der Waals surface area contributed by atoms with E-state index < -0.39 is 0 Å². The fourth-order valence-corrected chi connectivity index (χ4v) is 1.67. The third-order valence-corrected chi connectivity index (χ3v) is 2.62. The van der Waals surface area contributed by atoms with E-state index in [1.54, 1.807) is 37.7 Å². The number of ether oxygens (including phenoxy) is 1. The number of nitrogens with one attached hydrogen (secondary N) is 1. The largest absolute Gasteiger partial charge is 0.497 e. The van der Waals surface area contributed by atoms with Crippen LogP contribution in [0.1, 0.15) is 10.4 Å². The fourth-order valence-electron chi connectivity index (χ4n) is 1.67. The van der Waals surface area contributed by atoms with Crippen molar-refractivity contribution in [3.63, 3.8) is 0 Å². The van der Waals surface area contributed by atoms with Crippen LogP contribution in [-0.4, -0.2) is 32.3 Å². The Labute approximate surface area is 94.3 Å². The molecule has 1 atom stereocenters. The molecule has 1 aliphatic heterocycles. The van der Waals surface area contributed by atoms with Gasteiger partial charge in [-0.15, -0.1) is 0 Å². The molecule has 1 aromatic carbocycles. The van der Waals surface area contributed by atoms with Crippen LogP contribution >= 0.6 is 0 Å². The number of hydrogen-bond acceptors (Lipinski definition) is 4. The predicted molar refractivity (Wildman–Crippen MR) is 62.2 cm³/mol. The Kier molecular flexibility index (Phi) is 3.19. The highest BCUT2D eigenvalue weighted by Gasteiger charge is 2.20. The van der Waals surface area contributed by atoms with Gasteiger partial charge in [-0.25, -0.2) is 0 Å². The molecule has 0 bridgehead atoms. The van der Waals surface area contributed by atoms with Gasteiger partial charge in [0.25, 0.3) is 0 Å². The van der Waals surface area contributed by atoms with Gasteiger partial charge in [0.1, 0.15) is 5.75 Å². The van der Waals surface area contributed by atoms with Gasteiger partial charge in [0, 0.05) is 12.1 Å². The third kappa shape index (κ3) is 2.21. The van der Waals surface area contributed by atoms with Crippen molar-refractivity contribution in [3.05, 3.63) is 29.8 Å². The average molecular weight is 218 g/mol. The summed E-state index contributed by atoms with van der Waals surface area (Å²) in [5.74, 6) is 0.835. The number of methoxy groups -OCH3 is 1. The zero-order chi connectivity index (χ0) is 11.4. The maximum absolute atomic E-state index is 12.0. The summed E-state index contributed by atoms with van der Waals surface area (Å²) in [6.07, 6.45) is 1.65. The van der Waals surface area contributed by atoms with Gasteiger partial charge in [-0.1, -0.05) is 0 Å². The number of rotatable bonds is 3. The van der Waals surface area contributed by atoms with Gasteiger partial charge in [-0.3, -0.25) is 9.79 Å². The molecule has 84 valence electrons. The molecule has 16 heavy (non-hydrogen) atoms. The Bertz CT molecular complexity index is 398. The first-order chi connectivity index (χ1) is 7.81. The molecule has 1 unspecified atom stereocenters. The highest BCUT2D eigenvalue weighted by molar-refractivity contribution is 5.98. The molecule has 2 rings (SSSR count). The zero-order valence-electron chi connectivity index (χ0n) is 9.14. The van der Waals surface area contributed by atoms with E-state index in [0.717, 1.165) is 5.75 Å². The molecule has 4 heteroatoms. The average Bonchev–Trinajstić information content (AvgIpc) is 2.39. The van der Waals surface area contributed by atoms with Crippen LogP contribution in [0.3, 0.4) is 0 Å². The van der Waals surface area contributed by atoms with E-state index >= 15 is 0 Å². The molecular formula is C12H14N2O2. The molecule has 4 nitrogen and oxygen atoms in total. The quantitative estimate of drug-likeness (QED) is 0.774. The highest BCUT2D eigenvalue weighted by atomic mass is 16.5. The van der Waals surface area contributed by atoms with Gasteiger partial charge >= 0.3 is 0 Å². The number of hydrogen-bond donors (Lipinski definition) is 1. The summed E-state index contributed by atoms with van der Waals surface area (Å²) in [6.45, 7) is 1.23. The van der Waals surface area contributed by atoms with Crippen LogP contribution in [-0.2, 0) is 0 Å². The lowest BCUT2D eigenvalue weighted by Gasteiger charge is -2.17. The molecule has 1 aliphatic rings. The number of ketones is 1. The minimum Gasteiger partial charge on any atom is -0.497 e. The molecule has 1 heterocycles. The van der Waals surface area contributed by atoms with Crippen molar-refractivity contribution in [2.24, 2.45) is 10.9 Å². The Hall–Kier alpha value is -1.84. The minimum absolute atomic E-state index is 0.0570. The van der Waals surface area contributed by atoms with Crippen molar-refractivity contribution in [1.29, 1.82) is 0 Å². The van der Waals surface area contributed by atoms with Crippen molar-refractivity contribution >= 4 is 12.1 Å². The second-order valence-corrected chi connectivity index (χ2v) is 3.69. The van der Waals surface area contributed by atoms with Crippen LogP contribution in [0.5, 0.6) is 5.75 Å². The smallest absolute Gasteiger partial charge is 0.169 e. The lowest BCUT2D eigenvalue weighted by Crippen LogP contribution is -2.33. The molecule has 1 N–H and O–H groups in total. The first-order valence-corrected chi connectivity index (χ1v) is 5.21. The van der Waals surface area contributed by atoms with Crippen LogP contribution in [0.25, 0.3) is 0 Å². The second kappa shape index (κ2) is 4.79. The van der Waals surface area contributed by atoms with E-state index in [9.17, 15) is 4.79 Å². The Morgan fingerprint density at radius 2 is 2.19 bits per heavy atom. The lowest BCUT2D eigenvalue weighted by molar-refractivity contribution is 0.0924. The van der Waals surface area contributed by atoms with Crippen LogP contribution in [0, 0.1) is 5.92 Å². The number of carbonyl (C=O) groups excluding carboxylic acids is 1. The van der Waals surface area contributed by atoms with Gasteiger partial charge < -0.3 is 10.1 Å². The summed E-state index contributed by atoms with van der Waals surface area (Å²) in [6, 6.07) is 7.18. The summed E-state index contributed by atoms with van der Waals surface area (Å²) in [5.41, 5.74) is 0.713. The number of Topliss-reactive ketones (excluding diaryl/α,β-unsaturated/α-hetero) is 1. The molecule has 0 aliphatic carbocycles. The standard InChI is InChI=1S/C12H14N2O2/c1-16-11-4-2-9(3-5-11)12(15)10-6-13-8-14-7-10/h2-5,8,10H,6-7H2,1H3,(H,13,14). The molecule has 0 aromatic heterocycles. The van der Waals surface area contributed by atoms with E-state index in [-0.39, 0.29) is 11.7 Å². The minimum atomic E-state index is -0.0570. The molecule has 0 saturated heterocycles. The summed E-state index contributed by atoms with van der Waals surface area (Å²) >= 11 is 0. The van der Waals surface area contributed by atoms with Crippen LogP contribution in [0.2, 0.25) is 0 Å². The highest BCUT2D eigenvalue weighted by Crippen LogP contribution is 2.15. The lowest BCUT2D eigenvalue weighted by atomic mass is 9.97. The Balaban J connectivity index is 2.10. The van der Waals surface area contributed by atoms with Gasteiger partial charge in [0.15, 0.2) is 5.78 Å². The molecule has 1 aromatic rings. The van der Waals surface area contributed by atoms with Crippen LogP contribution < -0.4 is 10.1 Å². The van der Waals surface area contributed by atoms with Gasteiger partial charge in [0.2, 0.25) is 0 Å². The van der Waals surface area contributed by atoms with Gasteiger partial charge in [-0.05, 0) is 24.3 Å². The second-order valence-electron chi connectivity index (χ2n) is 3.69. The third-order valence-electron chi connectivity index (χ3n) is 2.62. The van der Waals surface area contributed by atoms with Crippen molar-refractivity contribution in [2.45, 2.75) is 0 Å². The number of nitrogens with zero attached hydrogens (tertiary/aromatic N) is 1. The molecular weight excluding hydrogens is 204 g/mol.